The number of nitrogens with one attached hydrogen (secondary N) is 1. The van der Waals surface area contributed by atoms with Gasteiger partial charge >= 0.3 is 5.97 Å². The van der Waals surface area contributed by atoms with Crippen molar-refractivity contribution in [3.63, 3.8) is 0 Å². The summed E-state index contributed by atoms with van der Waals surface area (Å²) < 4.78 is 5.06. The SMILES string of the molecule is COCc1cccc(Nc2nc(C(=O)O)ccc2N)c1. The number of carboxylic acids is 1. The number of nitrogens with zero attached hydrogens (tertiary/aromatic N) is 1. The lowest BCUT2D eigenvalue weighted by molar-refractivity contribution is 0.0690. The summed E-state index contributed by atoms with van der Waals surface area (Å²) in [6.45, 7) is 0.494. The van der Waals surface area contributed by atoms with Crippen LogP contribution in [0.15, 0.2) is 36.4 Å². The van der Waals surface area contributed by atoms with E-state index in [9.17, 15) is 4.79 Å². The number of nitrogens with two attached hydrogens (primary N) is 1. The summed E-state index contributed by atoms with van der Waals surface area (Å²) in [5, 5.41) is 11.9. The Balaban J connectivity index is 2.27. The van der Waals surface area contributed by atoms with Crippen molar-refractivity contribution in [3.8, 4) is 0 Å². The molecule has 6 heteroatoms. The van der Waals surface area contributed by atoms with E-state index in [1.54, 1.807) is 7.11 Å². The molecule has 0 aliphatic rings. The van der Waals surface area contributed by atoms with Crippen molar-refractivity contribution >= 4 is 23.2 Å². The van der Waals surface area contributed by atoms with Gasteiger partial charge in [-0.25, -0.2) is 9.78 Å². The van der Waals surface area contributed by atoms with Gasteiger partial charge in [0.1, 0.15) is 0 Å². The average molecular weight is 273 g/mol. The minimum absolute atomic E-state index is 0.0604. The van der Waals surface area contributed by atoms with E-state index < -0.39 is 5.97 Å². The molecule has 2 rings (SSSR count). The Kier molecular flexibility index (Phi) is 4.17. The molecule has 0 fully saturated rings. The maximum Gasteiger partial charge on any atom is 0.354 e. The number of hydrogen-bond acceptors (Lipinski definition) is 5. The molecule has 20 heavy (non-hydrogen) atoms. The summed E-state index contributed by atoms with van der Waals surface area (Å²) in [7, 11) is 1.62. The molecule has 0 aliphatic carbocycles. The molecule has 0 bridgehead atoms. The Morgan fingerprint density at radius 1 is 1.40 bits per heavy atom. The van der Waals surface area contributed by atoms with E-state index in [0.717, 1.165) is 11.3 Å². The molecule has 0 saturated heterocycles. The maximum absolute atomic E-state index is 10.9. The van der Waals surface area contributed by atoms with Gasteiger partial charge in [0.25, 0.3) is 0 Å². The molecule has 2 aromatic rings. The van der Waals surface area contributed by atoms with Crippen molar-refractivity contribution in [2.24, 2.45) is 0 Å². The molecule has 0 radical (unpaired) electrons. The predicted molar refractivity (Wildman–Crippen MR) is 76.0 cm³/mol. The third kappa shape index (κ3) is 3.24. The van der Waals surface area contributed by atoms with Crippen LogP contribution in [0.5, 0.6) is 0 Å². The zero-order valence-electron chi connectivity index (χ0n) is 11.0. The lowest BCUT2D eigenvalue weighted by Gasteiger charge is -2.10. The van der Waals surface area contributed by atoms with Gasteiger partial charge in [0.05, 0.1) is 12.3 Å². The van der Waals surface area contributed by atoms with Crippen LogP contribution in [-0.4, -0.2) is 23.2 Å². The van der Waals surface area contributed by atoms with Crippen molar-refractivity contribution in [2.75, 3.05) is 18.2 Å². The van der Waals surface area contributed by atoms with Crippen molar-refractivity contribution in [3.05, 3.63) is 47.7 Å². The molecule has 1 aromatic heterocycles. The fourth-order valence-corrected chi connectivity index (χ4v) is 1.73. The van der Waals surface area contributed by atoms with E-state index in [0.29, 0.717) is 18.1 Å². The molecule has 0 atom stereocenters. The number of aromatic carboxylic acids is 1. The second-order valence-corrected chi connectivity index (χ2v) is 4.20. The first-order chi connectivity index (χ1) is 9.60. The Bertz CT molecular complexity index is 629. The highest BCUT2D eigenvalue weighted by atomic mass is 16.5. The Labute approximate surface area is 116 Å². The van der Waals surface area contributed by atoms with Crippen LogP contribution in [0.1, 0.15) is 16.1 Å². The number of rotatable bonds is 5. The van der Waals surface area contributed by atoms with Crippen LogP contribution in [-0.2, 0) is 11.3 Å². The van der Waals surface area contributed by atoms with Gasteiger partial charge in [-0.15, -0.1) is 0 Å². The first-order valence-electron chi connectivity index (χ1n) is 5.95. The number of carbonyl (C=O) groups is 1. The van der Waals surface area contributed by atoms with Crippen molar-refractivity contribution in [1.29, 1.82) is 0 Å². The predicted octanol–water partition coefficient (Wildman–Crippen LogP) is 2.25. The Morgan fingerprint density at radius 3 is 2.90 bits per heavy atom. The fraction of sp³-hybridized carbons (Fsp3) is 0.143. The van der Waals surface area contributed by atoms with Crippen LogP contribution in [0.2, 0.25) is 0 Å². The number of methoxy groups -OCH3 is 1. The van der Waals surface area contributed by atoms with E-state index in [2.05, 4.69) is 10.3 Å². The summed E-state index contributed by atoms with van der Waals surface area (Å²) in [6, 6.07) is 10.4. The first-order valence-corrected chi connectivity index (χ1v) is 5.95. The van der Waals surface area contributed by atoms with Gasteiger partial charge in [-0.05, 0) is 29.8 Å². The van der Waals surface area contributed by atoms with Gasteiger partial charge in [-0.3, -0.25) is 0 Å². The first kappa shape index (κ1) is 13.8. The molecule has 0 saturated carbocycles. The highest BCUT2D eigenvalue weighted by Crippen LogP contribution is 2.22. The molecule has 0 amide bonds. The number of benzene rings is 1. The number of nitrogen functional groups attached to an aromatic ring is 1. The molecular formula is C14H15N3O3. The van der Waals surface area contributed by atoms with E-state index in [1.807, 2.05) is 24.3 Å². The zero-order chi connectivity index (χ0) is 14.5. The molecule has 6 nitrogen and oxygen atoms in total. The number of aromatic nitrogens is 1. The molecule has 0 aliphatic heterocycles. The number of pyridine rings is 1. The molecule has 1 heterocycles. The van der Waals surface area contributed by atoms with Gasteiger partial charge in [0.2, 0.25) is 0 Å². The highest BCUT2D eigenvalue weighted by molar-refractivity contribution is 5.87. The molecule has 0 unspecified atom stereocenters. The molecule has 0 spiro atoms. The van der Waals surface area contributed by atoms with E-state index in [4.69, 9.17) is 15.6 Å². The topological polar surface area (TPSA) is 97.5 Å². The summed E-state index contributed by atoms with van der Waals surface area (Å²) in [6.07, 6.45) is 0. The number of ether oxygens (including phenoxy) is 1. The standard InChI is InChI=1S/C14H15N3O3/c1-20-8-9-3-2-4-10(7-9)16-13-11(15)5-6-12(17-13)14(18)19/h2-7H,8,15H2,1H3,(H,16,17)(H,18,19). The Hall–Kier alpha value is -2.60. The maximum atomic E-state index is 10.9. The van der Waals surface area contributed by atoms with Crippen LogP contribution in [0.4, 0.5) is 17.2 Å². The Morgan fingerprint density at radius 2 is 2.20 bits per heavy atom. The summed E-state index contributed by atoms with van der Waals surface area (Å²) in [4.78, 5) is 14.9. The average Bonchev–Trinajstić information content (AvgIpc) is 2.42. The second-order valence-electron chi connectivity index (χ2n) is 4.20. The largest absolute Gasteiger partial charge is 0.477 e. The van der Waals surface area contributed by atoms with Gasteiger partial charge in [0.15, 0.2) is 11.5 Å². The lowest BCUT2D eigenvalue weighted by atomic mass is 10.2. The normalized spacial score (nSPS) is 10.2. The third-order valence-electron chi connectivity index (χ3n) is 2.65. The zero-order valence-corrected chi connectivity index (χ0v) is 11.0. The number of anilines is 3. The van der Waals surface area contributed by atoms with Crippen LogP contribution in [0, 0.1) is 0 Å². The van der Waals surface area contributed by atoms with E-state index in [-0.39, 0.29) is 5.69 Å². The summed E-state index contributed by atoms with van der Waals surface area (Å²) in [5.41, 5.74) is 7.87. The smallest absolute Gasteiger partial charge is 0.354 e. The quantitative estimate of drug-likeness (QED) is 0.773. The monoisotopic (exact) mass is 273 g/mol. The van der Waals surface area contributed by atoms with Crippen molar-refractivity contribution in [1.82, 2.24) is 4.98 Å². The third-order valence-corrected chi connectivity index (χ3v) is 2.65. The van der Waals surface area contributed by atoms with Crippen LogP contribution in [0.3, 0.4) is 0 Å². The molecule has 1 aromatic carbocycles. The molecular weight excluding hydrogens is 258 g/mol. The van der Waals surface area contributed by atoms with Gasteiger partial charge in [0, 0.05) is 12.8 Å². The van der Waals surface area contributed by atoms with Crippen LogP contribution < -0.4 is 11.1 Å². The minimum atomic E-state index is -1.10. The molecule has 4 N–H and O–H groups in total. The van der Waals surface area contributed by atoms with Gasteiger partial charge in [-0.2, -0.15) is 0 Å². The van der Waals surface area contributed by atoms with Gasteiger partial charge < -0.3 is 20.9 Å². The lowest BCUT2D eigenvalue weighted by Crippen LogP contribution is -2.06. The fourth-order valence-electron chi connectivity index (χ4n) is 1.73. The van der Waals surface area contributed by atoms with Gasteiger partial charge in [-0.1, -0.05) is 12.1 Å². The van der Waals surface area contributed by atoms with E-state index >= 15 is 0 Å². The van der Waals surface area contributed by atoms with Crippen LogP contribution in [0.25, 0.3) is 0 Å². The molecule has 104 valence electrons. The van der Waals surface area contributed by atoms with Crippen LogP contribution >= 0.6 is 0 Å². The summed E-state index contributed by atoms with van der Waals surface area (Å²) in [5.74, 6) is -0.777. The van der Waals surface area contributed by atoms with Crippen molar-refractivity contribution in [2.45, 2.75) is 6.61 Å². The number of hydrogen-bond donors (Lipinski definition) is 3. The highest BCUT2D eigenvalue weighted by Gasteiger charge is 2.09. The van der Waals surface area contributed by atoms with Crippen molar-refractivity contribution < 1.29 is 14.6 Å². The van der Waals surface area contributed by atoms with E-state index in [1.165, 1.54) is 12.1 Å². The summed E-state index contributed by atoms with van der Waals surface area (Å²) >= 11 is 0. The second kappa shape index (κ2) is 6.03. The minimum Gasteiger partial charge on any atom is -0.477 e. The number of carboxylic acid groups (broad SMARTS) is 1.